The quantitative estimate of drug-likeness (QED) is 0.798. The fourth-order valence-corrected chi connectivity index (χ4v) is 3.71. The molecule has 1 fully saturated rings. The van der Waals surface area contributed by atoms with E-state index in [4.69, 9.17) is 4.74 Å². The number of cyclic esters (lactones) is 1. The van der Waals surface area contributed by atoms with Crippen molar-refractivity contribution in [3.63, 3.8) is 0 Å². The molecule has 2 aliphatic rings. The third-order valence-electron chi connectivity index (χ3n) is 4.89. The standard InChI is InChI=1S/C20H19NO3/c22-19(18-13-15-9-4-5-10-16(15)20(23)24-18)21-12-6-11-17(21)14-7-2-1-3-8-14/h1-5,7-10,17-18H,6,11-13H2. The van der Waals surface area contributed by atoms with Crippen molar-refractivity contribution in [3.05, 3.63) is 71.3 Å². The van der Waals surface area contributed by atoms with Crippen LogP contribution in [0.3, 0.4) is 0 Å². The summed E-state index contributed by atoms with van der Waals surface area (Å²) in [6.07, 6.45) is 1.67. The van der Waals surface area contributed by atoms with E-state index in [0.717, 1.165) is 24.0 Å². The van der Waals surface area contributed by atoms with Gasteiger partial charge in [0.1, 0.15) is 0 Å². The van der Waals surface area contributed by atoms with Gasteiger partial charge in [-0.25, -0.2) is 4.79 Å². The second-order valence-electron chi connectivity index (χ2n) is 6.36. The molecule has 0 aliphatic carbocycles. The van der Waals surface area contributed by atoms with Gasteiger partial charge in [0.05, 0.1) is 11.6 Å². The van der Waals surface area contributed by atoms with Gasteiger partial charge >= 0.3 is 5.97 Å². The van der Waals surface area contributed by atoms with E-state index in [-0.39, 0.29) is 11.9 Å². The summed E-state index contributed by atoms with van der Waals surface area (Å²) in [5.74, 6) is -0.477. The number of esters is 1. The van der Waals surface area contributed by atoms with Gasteiger partial charge in [-0.1, -0.05) is 48.5 Å². The van der Waals surface area contributed by atoms with Crippen LogP contribution < -0.4 is 0 Å². The Morgan fingerprint density at radius 1 is 1.04 bits per heavy atom. The maximum absolute atomic E-state index is 13.0. The van der Waals surface area contributed by atoms with Crippen LogP contribution in [-0.2, 0) is 16.0 Å². The molecule has 1 amide bonds. The molecule has 0 bridgehead atoms. The van der Waals surface area contributed by atoms with E-state index in [1.807, 2.05) is 41.3 Å². The van der Waals surface area contributed by atoms with E-state index in [2.05, 4.69) is 12.1 Å². The van der Waals surface area contributed by atoms with E-state index in [9.17, 15) is 9.59 Å². The normalized spacial score (nSPS) is 22.8. The Morgan fingerprint density at radius 2 is 1.79 bits per heavy atom. The van der Waals surface area contributed by atoms with Crippen molar-refractivity contribution in [2.24, 2.45) is 0 Å². The summed E-state index contributed by atoms with van der Waals surface area (Å²) in [5.41, 5.74) is 2.61. The topological polar surface area (TPSA) is 46.6 Å². The first-order valence-electron chi connectivity index (χ1n) is 8.38. The average Bonchev–Trinajstić information content (AvgIpc) is 3.11. The molecule has 2 heterocycles. The van der Waals surface area contributed by atoms with Crippen LogP contribution in [0.1, 0.15) is 40.4 Å². The highest BCUT2D eigenvalue weighted by atomic mass is 16.5. The Bertz CT molecular complexity index is 771. The van der Waals surface area contributed by atoms with Crippen LogP contribution in [0.25, 0.3) is 0 Å². The molecule has 4 nitrogen and oxygen atoms in total. The molecule has 24 heavy (non-hydrogen) atoms. The molecule has 0 radical (unpaired) electrons. The molecule has 2 unspecified atom stereocenters. The number of hydrogen-bond donors (Lipinski definition) is 0. The van der Waals surface area contributed by atoms with Crippen molar-refractivity contribution in [1.29, 1.82) is 0 Å². The number of ether oxygens (including phenoxy) is 1. The number of carbonyl (C=O) groups is 2. The number of fused-ring (bicyclic) bond motifs is 1. The van der Waals surface area contributed by atoms with Crippen LogP contribution in [-0.4, -0.2) is 29.4 Å². The minimum Gasteiger partial charge on any atom is -0.448 e. The maximum Gasteiger partial charge on any atom is 0.339 e. The fourth-order valence-electron chi connectivity index (χ4n) is 3.71. The summed E-state index contributed by atoms with van der Waals surface area (Å²) in [5, 5.41) is 0. The second kappa shape index (κ2) is 6.11. The highest BCUT2D eigenvalue weighted by Crippen LogP contribution is 2.33. The Morgan fingerprint density at radius 3 is 2.62 bits per heavy atom. The van der Waals surface area contributed by atoms with Gasteiger partial charge in [0.25, 0.3) is 5.91 Å². The van der Waals surface area contributed by atoms with Gasteiger partial charge in [-0.2, -0.15) is 0 Å². The van der Waals surface area contributed by atoms with Crippen molar-refractivity contribution < 1.29 is 14.3 Å². The third kappa shape index (κ3) is 2.58. The van der Waals surface area contributed by atoms with Gasteiger partial charge in [0.15, 0.2) is 6.10 Å². The molecule has 2 aromatic carbocycles. The largest absolute Gasteiger partial charge is 0.448 e. The lowest BCUT2D eigenvalue weighted by atomic mass is 9.97. The van der Waals surface area contributed by atoms with E-state index in [0.29, 0.717) is 18.5 Å². The first-order valence-corrected chi connectivity index (χ1v) is 8.38. The van der Waals surface area contributed by atoms with Gasteiger partial charge in [-0.15, -0.1) is 0 Å². The van der Waals surface area contributed by atoms with Crippen molar-refractivity contribution in [1.82, 2.24) is 4.90 Å². The van der Waals surface area contributed by atoms with Crippen LogP contribution in [0.15, 0.2) is 54.6 Å². The van der Waals surface area contributed by atoms with Crippen LogP contribution in [0, 0.1) is 0 Å². The van der Waals surface area contributed by atoms with Gasteiger partial charge < -0.3 is 9.64 Å². The van der Waals surface area contributed by atoms with E-state index in [1.54, 1.807) is 6.07 Å². The molecule has 2 atom stereocenters. The average molecular weight is 321 g/mol. The highest BCUT2D eigenvalue weighted by molar-refractivity contribution is 5.95. The molecule has 1 saturated heterocycles. The summed E-state index contributed by atoms with van der Waals surface area (Å²) in [6.45, 7) is 0.716. The van der Waals surface area contributed by atoms with Crippen molar-refractivity contribution in [3.8, 4) is 0 Å². The van der Waals surface area contributed by atoms with Gasteiger partial charge in [0, 0.05) is 13.0 Å². The highest BCUT2D eigenvalue weighted by Gasteiger charge is 2.38. The number of likely N-dealkylation sites (tertiary alicyclic amines) is 1. The number of rotatable bonds is 2. The molecule has 0 saturated carbocycles. The number of hydrogen-bond acceptors (Lipinski definition) is 3. The molecule has 4 rings (SSSR count). The predicted octanol–water partition coefficient (Wildman–Crippen LogP) is 3.13. The minimum atomic E-state index is -0.711. The zero-order chi connectivity index (χ0) is 16.5. The first kappa shape index (κ1) is 14.9. The van der Waals surface area contributed by atoms with Crippen LogP contribution in [0.2, 0.25) is 0 Å². The third-order valence-corrected chi connectivity index (χ3v) is 4.89. The molecule has 0 aromatic heterocycles. The molecule has 4 heteroatoms. The Labute approximate surface area is 141 Å². The van der Waals surface area contributed by atoms with Crippen LogP contribution >= 0.6 is 0 Å². The summed E-state index contributed by atoms with van der Waals surface area (Å²) in [4.78, 5) is 27.0. The number of benzene rings is 2. The maximum atomic E-state index is 13.0. The fraction of sp³-hybridized carbons (Fsp3) is 0.300. The second-order valence-corrected chi connectivity index (χ2v) is 6.36. The lowest BCUT2D eigenvalue weighted by Gasteiger charge is -2.31. The number of nitrogens with zero attached hydrogens (tertiary/aromatic N) is 1. The van der Waals surface area contributed by atoms with Crippen molar-refractivity contribution >= 4 is 11.9 Å². The molecule has 0 spiro atoms. The van der Waals surface area contributed by atoms with Gasteiger partial charge in [-0.05, 0) is 30.0 Å². The van der Waals surface area contributed by atoms with E-state index in [1.165, 1.54) is 0 Å². The van der Waals surface area contributed by atoms with E-state index >= 15 is 0 Å². The van der Waals surface area contributed by atoms with Gasteiger partial charge in [0.2, 0.25) is 0 Å². The summed E-state index contributed by atoms with van der Waals surface area (Å²) in [6, 6.07) is 17.5. The Hall–Kier alpha value is -2.62. The van der Waals surface area contributed by atoms with E-state index < -0.39 is 12.1 Å². The molecule has 122 valence electrons. The Kier molecular flexibility index (Phi) is 3.81. The number of amides is 1. The lowest BCUT2D eigenvalue weighted by Crippen LogP contribution is -2.44. The Balaban J connectivity index is 1.57. The zero-order valence-corrected chi connectivity index (χ0v) is 13.4. The van der Waals surface area contributed by atoms with Gasteiger partial charge in [-0.3, -0.25) is 4.79 Å². The lowest BCUT2D eigenvalue weighted by molar-refractivity contribution is -0.142. The molecule has 0 N–H and O–H groups in total. The smallest absolute Gasteiger partial charge is 0.339 e. The first-order chi connectivity index (χ1) is 11.7. The number of carbonyl (C=O) groups excluding carboxylic acids is 2. The minimum absolute atomic E-state index is 0.0783. The molecular weight excluding hydrogens is 302 g/mol. The van der Waals surface area contributed by atoms with Crippen molar-refractivity contribution in [2.45, 2.75) is 31.4 Å². The SMILES string of the molecule is O=C1OC(C(=O)N2CCCC2c2ccccc2)Cc2ccccc21. The van der Waals surface area contributed by atoms with Crippen LogP contribution in [0.4, 0.5) is 0 Å². The summed E-state index contributed by atoms with van der Waals surface area (Å²) in [7, 11) is 0. The van der Waals surface area contributed by atoms with Crippen molar-refractivity contribution in [2.75, 3.05) is 6.54 Å². The molecule has 2 aliphatic heterocycles. The molecule has 2 aromatic rings. The predicted molar refractivity (Wildman–Crippen MR) is 89.5 cm³/mol. The zero-order valence-electron chi connectivity index (χ0n) is 13.4. The molecular formula is C20H19NO3. The van der Waals surface area contributed by atoms with Crippen LogP contribution in [0.5, 0.6) is 0 Å². The summed E-state index contributed by atoms with van der Waals surface area (Å²) < 4.78 is 5.44. The summed E-state index contributed by atoms with van der Waals surface area (Å²) >= 11 is 0. The monoisotopic (exact) mass is 321 g/mol.